The Hall–Kier alpha value is -2.66. The average molecular weight is 386 g/mol. The highest BCUT2D eigenvalue weighted by Crippen LogP contribution is 2.24. The van der Waals surface area contributed by atoms with Crippen LogP contribution < -0.4 is 5.73 Å². The van der Waals surface area contributed by atoms with E-state index in [1.54, 1.807) is 18.2 Å². The molecule has 5 nitrogen and oxygen atoms in total. The fraction of sp³-hybridized carbons (Fsp3) is 0.391. The Balaban J connectivity index is 2.71. The van der Waals surface area contributed by atoms with Crippen LogP contribution in [0.4, 0.5) is 0 Å². The van der Waals surface area contributed by atoms with E-state index >= 15 is 0 Å². The second-order valence-electron chi connectivity index (χ2n) is 6.88. The standard InChI is InChI=1S/C23H31NO4/c1-4-17(2)23(18(3)20(25)13-9-6-10-14-21(24)26)28-22(27)16-15-19-11-7-5-8-12-19/h5-12,14-18,20,23,25H,4,13H2,1-3H3,(H2,24,26)/b9-6+,14-10+,16-15+. The lowest BCUT2D eigenvalue weighted by molar-refractivity contribution is -0.151. The average Bonchev–Trinajstić information content (AvgIpc) is 2.69. The first-order chi connectivity index (χ1) is 13.3. The summed E-state index contributed by atoms with van der Waals surface area (Å²) >= 11 is 0. The number of esters is 1. The lowest BCUT2D eigenvalue weighted by atomic mass is 9.86. The Labute approximate surface area is 167 Å². The molecule has 1 rings (SSSR count). The Kier molecular flexibility index (Phi) is 10.6. The van der Waals surface area contributed by atoms with E-state index in [0.29, 0.717) is 6.42 Å². The normalized spacial score (nSPS) is 16.3. The number of primary amides is 1. The predicted molar refractivity (Wildman–Crippen MR) is 112 cm³/mol. The molecule has 3 N–H and O–H groups in total. The number of rotatable bonds is 11. The van der Waals surface area contributed by atoms with Crippen LogP contribution in [0.2, 0.25) is 0 Å². The number of nitrogens with two attached hydrogens (primary N) is 1. The molecule has 1 aromatic rings. The molecule has 4 atom stereocenters. The van der Waals surface area contributed by atoms with Gasteiger partial charge in [0.25, 0.3) is 0 Å². The minimum Gasteiger partial charge on any atom is -0.459 e. The van der Waals surface area contributed by atoms with E-state index in [9.17, 15) is 14.7 Å². The zero-order valence-electron chi connectivity index (χ0n) is 16.8. The summed E-state index contributed by atoms with van der Waals surface area (Å²) in [6.45, 7) is 5.91. The second-order valence-corrected chi connectivity index (χ2v) is 6.88. The van der Waals surface area contributed by atoms with Crippen molar-refractivity contribution in [3.8, 4) is 0 Å². The van der Waals surface area contributed by atoms with Gasteiger partial charge in [-0.3, -0.25) is 4.79 Å². The van der Waals surface area contributed by atoms with E-state index in [4.69, 9.17) is 10.5 Å². The zero-order chi connectivity index (χ0) is 20.9. The summed E-state index contributed by atoms with van der Waals surface area (Å²) in [6.07, 6.45) is 9.45. The molecule has 28 heavy (non-hydrogen) atoms. The van der Waals surface area contributed by atoms with Crippen LogP contribution in [0.15, 0.2) is 60.7 Å². The zero-order valence-corrected chi connectivity index (χ0v) is 16.8. The molecular formula is C23H31NO4. The Morgan fingerprint density at radius 3 is 2.43 bits per heavy atom. The number of hydrogen-bond acceptors (Lipinski definition) is 4. The van der Waals surface area contributed by atoms with Crippen molar-refractivity contribution >= 4 is 18.0 Å². The number of ether oxygens (including phenoxy) is 1. The minimum absolute atomic E-state index is 0.109. The molecular weight excluding hydrogens is 354 g/mol. The molecule has 1 amide bonds. The van der Waals surface area contributed by atoms with Crippen LogP contribution in [0, 0.1) is 11.8 Å². The minimum atomic E-state index is -0.678. The molecule has 0 heterocycles. The second kappa shape index (κ2) is 12.7. The smallest absolute Gasteiger partial charge is 0.331 e. The molecule has 0 bridgehead atoms. The molecule has 4 unspecified atom stereocenters. The third-order valence-electron chi connectivity index (χ3n) is 4.68. The van der Waals surface area contributed by atoms with Crippen LogP contribution in [0.1, 0.15) is 39.2 Å². The molecule has 0 aromatic heterocycles. The first-order valence-electron chi connectivity index (χ1n) is 9.59. The van der Waals surface area contributed by atoms with Gasteiger partial charge < -0.3 is 15.6 Å². The van der Waals surface area contributed by atoms with Crippen molar-refractivity contribution in [2.75, 3.05) is 0 Å². The lowest BCUT2D eigenvalue weighted by Gasteiger charge is -2.31. The van der Waals surface area contributed by atoms with Crippen molar-refractivity contribution in [3.05, 3.63) is 66.3 Å². The van der Waals surface area contributed by atoms with E-state index in [-0.39, 0.29) is 11.8 Å². The Morgan fingerprint density at radius 1 is 1.14 bits per heavy atom. The van der Waals surface area contributed by atoms with Gasteiger partial charge >= 0.3 is 5.97 Å². The van der Waals surface area contributed by atoms with E-state index < -0.39 is 24.1 Å². The summed E-state index contributed by atoms with van der Waals surface area (Å²) in [5.41, 5.74) is 5.93. The number of benzene rings is 1. The van der Waals surface area contributed by atoms with E-state index in [2.05, 4.69) is 0 Å². The highest BCUT2D eigenvalue weighted by molar-refractivity contribution is 5.87. The lowest BCUT2D eigenvalue weighted by Crippen LogP contribution is -2.37. The van der Waals surface area contributed by atoms with Gasteiger partial charge in [0, 0.05) is 18.1 Å². The van der Waals surface area contributed by atoms with Crippen molar-refractivity contribution in [3.63, 3.8) is 0 Å². The van der Waals surface area contributed by atoms with Gasteiger partial charge in [-0.1, -0.05) is 75.8 Å². The number of aliphatic hydroxyl groups is 1. The SMILES string of the molecule is CCC(C)C(OC(=O)/C=C/c1ccccc1)C(C)C(O)C/C=C/C=C/C(N)=O. The van der Waals surface area contributed by atoms with Gasteiger partial charge in [-0.05, 0) is 24.0 Å². The number of amides is 1. The van der Waals surface area contributed by atoms with Crippen molar-refractivity contribution < 1.29 is 19.4 Å². The maximum Gasteiger partial charge on any atom is 0.331 e. The van der Waals surface area contributed by atoms with E-state index in [0.717, 1.165) is 12.0 Å². The number of allylic oxidation sites excluding steroid dienone is 2. The number of carbonyl (C=O) groups excluding carboxylic acids is 2. The summed E-state index contributed by atoms with van der Waals surface area (Å²) in [5.74, 6) is -1.08. The number of carbonyl (C=O) groups is 2. The Bertz CT molecular complexity index is 694. The third-order valence-corrected chi connectivity index (χ3v) is 4.68. The van der Waals surface area contributed by atoms with Gasteiger partial charge in [0.2, 0.25) is 5.91 Å². The summed E-state index contributed by atoms with van der Waals surface area (Å²) in [4.78, 5) is 22.9. The maximum atomic E-state index is 12.3. The molecule has 0 aliphatic heterocycles. The number of aliphatic hydroxyl groups excluding tert-OH is 1. The topological polar surface area (TPSA) is 89.6 Å². The molecule has 152 valence electrons. The number of hydrogen-bond donors (Lipinski definition) is 2. The van der Waals surface area contributed by atoms with Crippen LogP contribution in [-0.2, 0) is 14.3 Å². The monoisotopic (exact) mass is 385 g/mol. The van der Waals surface area contributed by atoms with Crippen LogP contribution in [0.25, 0.3) is 6.08 Å². The van der Waals surface area contributed by atoms with Crippen LogP contribution >= 0.6 is 0 Å². The first-order valence-corrected chi connectivity index (χ1v) is 9.59. The molecule has 0 fully saturated rings. The van der Waals surface area contributed by atoms with Gasteiger partial charge in [0.05, 0.1) is 6.10 Å². The quantitative estimate of drug-likeness (QED) is 0.346. The van der Waals surface area contributed by atoms with Crippen molar-refractivity contribution in [2.45, 2.75) is 45.8 Å². The third kappa shape index (κ3) is 8.82. The van der Waals surface area contributed by atoms with Crippen LogP contribution in [-0.4, -0.2) is 29.2 Å². The molecule has 0 aliphatic rings. The largest absolute Gasteiger partial charge is 0.459 e. The van der Waals surface area contributed by atoms with Gasteiger partial charge in [0.1, 0.15) is 6.10 Å². The molecule has 5 heteroatoms. The molecule has 0 spiro atoms. The fourth-order valence-electron chi connectivity index (χ4n) is 2.76. The summed E-state index contributed by atoms with van der Waals surface area (Å²) in [7, 11) is 0. The van der Waals surface area contributed by atoms with E-state index in [1.165, 1.54) is 18.2 Å². The highest BCUT2D eigenvalue weighted by atomic mass is 16.5. The molecule has 0 saturated carbocycles. The molecule has 1 aromatic carbocycles. The highest BCUT2D eigenvalue weighted by Gasteiger charge is 2.30. The van der Waals surface area contributed by atoms with Crippen molar-refractivity contribution in [1.29, 1.82) is 0 Å². The predicted octanol–water partition coefficient (Wildman–Crippen LogP) is 3.64. The van der Waals surface area contributed by atoms with Gasteiger partial charge in [0.15, 0.2) is 0 Å². The first kappa shape index (κ1) is 23.4. The maximum absolute atomic E-state index is 12.3. The van der Waals surface area contributed by atoms with Crippen LogP contribution in [0.3, 0.4) is 0 Å². The molecule has 0 aliphatic carbocycles. The van der Waals surface area contributed by atoms with Gasteiger partial charge in [-0.25, -0.2) is 4.79 Å². The van der Waals surface area contributed by atoms with Crippen molar-refractivity contribution in [1.82, 2.24) is 0 Å². The summed E-state index contributed by atoms with van der Waals surface area (Å²) in [5, 5.41) is 10.5. The Morgan fingerprint density at radius 2 is 1.82 bits per heavy atom. The fourth-order valence-corrected chi connectivity index (χ4v) is 2.76. The van der Waals surface area contributed by atoms with Gasteiger partial charge in [-0.2, -0.15) is 0 Å². The molecule has 0 saturated heterocycles. The van der Waals surface area contributed by atoms with Crippen molar-refractivity contribution in [2.24, 2.45) is 17.6 Å². The van der Waals surface area contributed by atoms with E-state index in [1.807, 2.05) is 51.1 Å². The summed E-state index contributed by atoms with van der Waals surface area (Å²) < 4.78 is 5.68. The van der Waals surface area contributed by atoms with Crippen LogP contribution in [0.5, 0.6) is 0 Å². The van der Waals surface area contributed by atoms with Gasteiger partial charge in [-0.15, -0.1) is 0 Å². The summed E-state index contributed by atoms with van der Waals surface area (Å²) in [6, 6.07) is 9.52. The molecule has 0 radical (unpaired) electrons.